The largest absolute Gasteiger partial charge is 0.376 e. The van der Waals surface area contributed by atoms with Crippen molar-refractivity contribution >= 4 is 23.2 Å². The van der Waals surface area contributed by atoms with E-state index in [0.717, 1.165) is 11.3 Å². The molecule has 0 aliphatic carbocycles. The first-order chi connectivity index (χ1) is 9.99. The highest BCUT2D eigenvalue weighted by molar-refractivity contribution is 6.30. The summed E-state index contributed by atoms with van der Waals surface area (Å²) in [4.78, 5) is 11.3. The highest BCUT2D eigenvalue weighted by Gasteiger charge is 2.10. The lowest BCUT2D eigenvalue weighted by atomic mass is 10.1. The molecule has 0 saturated heterocycles. The van der Waals surface area contributed by atoms with Crippen LogP contribution in [-0.2, 0) is 11.3 Å². The van der Waals surface area contributed by atoms with E-state index in [9.17, 15) is 9.18 Å². The Kier molecular flexibility index (Phi) is 4.80. The van der Waals surface area contributed by atoms with Crippen molar-refractivity contribution in [1.82, 2.24) is 15.1 Å². The van der Waals surface area contributed by atoms with Gasteiger partial charge in [0.2, 0.25) is 5.91 Å². The monoisotopic (exact) mass is 310 g/mol. The molecule has 2 rings (SSSR count). The van der Waals surface area contributed by atoms with Gasteiger partial charge in [-0.05, 0) is 24.6 Å². The smallest absolute Gasteiger partial charge is 0.241 e. The molecule has 1 heterocycles. The minimum atomic E-state index is -0.446. The van der Waals surface area contributed by atoms with E-state index in [1.807, 2.05) is 6.92 Å². The third-order valence-electron chi connectivity index (χ3n) is 3.04. The summed E-state index contributed by atoms with van der Waals surface area (Å²) < 4.78 is 15.0. The molecule has 0 saturated carbocycles. The zero-order valence-corrected chi connectivity index (χ0v) is 12.5. The maximum absolute atomic E-state index is 13.4. The molecule has 0 radical (unpaired) electrons. The number of rotatable bonds is 5. The molecular formula is C14H16ClFN4O. The van der Waals surface area contributed by atoms with E-state index in [1.165, 1.54) is 16.8 Å². The van der Waals surface area contributed by atoms with E-state index < -0.39 is 5.82 Å². The zero-order valence-electron chi connectivity index (χ0n) is 11.7. The van der Waals surface area contributed by atoms with Gasteiger partial charge in [0.25, 0.3) is 0 Å². The van der Waals surface area contributed by atoms with Crippen LogP contribution in [0.4, 0.5) is 10.1 Å². The van der Waals surface area contributed by atoms with Crippen LogP contribution in [0.25, 0.3) is 0 Å². The van der Waals surface area contributed by atoms with Gasteiger partial charge in [-0.25, -0.2) is 4.39 Å². The number of hydrogen-bond acceptors (Lipinski definition) is 3. The molecular weight excluding hydrogens is 295 g/mol. The van der Waals surface area contributed by atoms with E-state index in [-0.39, 0.29) is 23.5 Å². The second-order valence-corrected chi connectivity index (χ2v) is 5.05. The van der Waals surface area contributed by atoms with Gasteiger partial charge in [-0.15, -0.1) is 0 Å². The summed E-state index contributed by atoms with van der Waals surface area (Å²) in [7, 11) is 1.57. The molecule has 0 spiro atoms. The summed E-state index contributed by atoms with van der Waals surface area (Å²) >= 11 is 5.66. The van der Waals surface area contributed by atoms with Crippen molar-refractivity contribution in [2.24, 2.45) is 0 Å². The second kappa shape index (κ2) is 6.58. The van der Waals surface area contributed by atoms with E-state index in [1.54, 1.807) is 25.5 Å². The maximum Gasteiger partial charge on any atom is 0.241 e. The van der Waals surface area contributed by atoms with Crippen LogP contribution in [0.2, 0.25) is 5.02 Å². The Morgan fingerprint density at radius 1 is 1.52 bits per heavy atom. The van der Waals surface area contributed by atoms with Crippen LogP contribution in [-0.4, -0.2) is 22.7 Å². The first-order valence-electron chi connectivity index (χ1n) is 6.44. The molecule has 1 atom stereocenters. The van der Waals surface area contributed by atoms with Crippen molar-refractivity contribution in [3.8, 4) is 0 Å². The van der Waals surface area contributed by atoms with Crippen LogP contribution in [0, 0.1) is 5.82 Å². The number of carbonyl (C=O) groups is 1. The zero-order chi connectivity index (χ0) is 15.4. The van der Waals surface area contributed by atoms with Crippen molar-refractivity contribution < 1.29 is 9.18 Å². The molecule has 21 heavy (non-hydrogen) atoms. The average molecular weight is 311 g/mol. The first-order valence-corrected chi connectivity index (χ1v) is 6.82. The Hall–Kier alpha value is -2.08. The molecule has 0 fully saturated rings. The summed E-state index contributed by atoms with van der Waals surface area (Å²) in [5, 5.41) is 9.90. The molecule has 2 aromatic rings. The normalized spacial score (nSPS) is 12.0. The van der Waals surface area contributed by atoms with E-state index in [2.05, 4.69) is 15.7 Å². The van der Waals surface area contributed by atoms with Crippen LogP contribution in [0.15, 0.2) is 30.6 Å². The quantitative estimate of drug-likeness (QED) is 0.892. The number of nitrogens with zero attached hydrogens (tertiary/aromatic N) is 2. The van der Waals surface area contributed by atoms with Gasteiger partial charge in [-0.1, -0.05) is 17.7 Å². The van der Waals surface area contributed by atoms with Crippen LogP contribution < -0.4 is 10.6 Å². The molecule has 1 amide bonds. The summed E-state index contributed by atoms with van der Waals surface area (Å²) in [5.74, 6) is -0.574. The SMILES string of the molecule is CNC(=O)Cn1cc(NC(C)c2ccc(Cl)c(F)c2)cn1. The van der Waals surface area contributed by atoms with Gasteiger partial charge in [-0.3, -0.25) is 9.48 Å². The lowest BCUT2D eigenvalue weighted by Gasteiger charge is -2.14. The molecule has 1 aromatic carbocycles. The van der Waals surface area contributed by atoms with Gasteiger partial charge < -0.3 is 10.6 Å². The van der Waals surface area contributed by atoms with Gasteiger partial charge in [0, 0.05) is 19.3 Å². The van der Waals surface area contributed by atoms with E-state index >= 15 is 0 Å². The predicted molar refractivity (Wildman–Crippen MR) is 79.7 cm³/mol. The fourth-order valence-corrected chi connectivity index (χ4v) is 1.98. The number of anilines is 1. The first kappa shape index (κ1) is 15.3. The molecule has 5 nitrogen and oxygen atoms in total. The number of hydrogen-bond donors (Lipinski definition) is 2. The third kappa shape index (κ3) is 3.95. The van der Waals surface area contributed by atoms with Crippen molar-refractivity contribution in [2.75, 3.05) is 12.4 Å². The van der Waals surface area contributed by atoms with Gasteiger partial charge in [-0.2, -0.15) is 5.10 Å². The molecule has 1 unspecified atom stereocenters. The summed E-state index contributed by atoms with van der Waals surface area (Å²) in [6, 6.07) is 4.57. The Balaban J connectivity index is 2.03. The predicted octanol–water partition coefficient (Wildman–Crippen LogP) is 2.59. The van der Waals surface area contributed by atoms with Crippen LogP contribution in [0.3, 0.4) is 0 Å². The van der Waals surface area contributed by atoms with Crippen LogP contribution >= 0.6 is 11.6 Å². The number of carbonyl (C=O) groups excluding carboxylic acids is 1. The Bertz CT molecular complexity index is 644. The number of benzene rings is 1. The van der Waals surface area contributed by atoms with Crippen molar-refractivity contribution in [1.29, 1.82) is 0 Å². The van der Waals surface area contributed by atoms with Gasteiger partial charge in [0.1, 0.15) is 12.4 Å². The standard InChI is InChI=1S/C14H16ClFN4O/c1-9(10-3-4-12(15)13(16)5-10)19-11-6-18-20(7-11)8-14(21)17-2/h3-7,9,19H,8H2,1-2H3,(H,17,21). The minimum Gasteiger partial charge on any atom is -0.376 e. The summed E-state index contributed by atoms with van der Waals surface area (Å²) in [6.07, 6.45) is 3.34. The molecule has 0 aliphatic rings. The lowest BCUT2D eigenvalue weighted by molar-refractivity contribution is -0.121. The topological polar surface area (TPSA) is 59.0 Å². The van der Waals surface area contributed by atoms with E-state index in [0.29, 0.717) is 0 Å². The number of nitrogens with one attached hydrogen (secondary N) is 2. The summed E-state index contributed by atoms with van der Waals surface area (Å²) in [6.45, 7) is 2.06. The number of likely N-dealkylation sites (N-methyl/N-ethyl adjacent to an activating group) is 1. The molecule has 7 heteroatoms. The highest BCUT2D eigenvalue weighted by atomic mass is 35.5. The fraction of sp³-hybridized carbons (Fsp3) is 0.286. The lowest BCUT2D eigenvalue weighted by Crippen LogP contribution is -2.23. The summed E-state index contributed by atoms with van der Waals surface area (Å²) in [5.41, 5.74) is 1.53. The van der Waals surface area contributed by atoms with Crippen molar-refractivity contribution in [2.45, 2.75) is 19.5 Å². The van der Waals surface area contributed by atoms with Gasteiger partial charge in [0.15, 0.2) is 0 Å². The molecule has 1 aromatic heterocycles. The molecule has 0 bridgehead atoms. The number of aromatic nitrogens is 2. The fourth-order valence-electron chi connectivity index (χ4n) is 1.87. The van der Waals surface area contributed by atoms with E-state index in [4.69, 9.17) is 11.6 Å². The van der Waals surface area contributed by atoms with Crippen LogP contribution in [0.5, 0.6) is 0 Å². The number of amides is 1. The molecule has 2 N–H and O–H groups in total. The van der Waals surface area contributed by atoms with Crippen molar-refractivity contribution in [3.63, 3.8) is 0 Å². The number of halogens is 2. The average Bonchev–Trinajstić information content (AvgIpc) is 2.88. The molecule has 112 valence electrons. The minimum absolute atomic E-state index is 0.101. The van der Waals surface area contributed by atoms with Crippen molar-refractivity contribution in [3.05, 3.63) is 47.0 Å². The third-order valence-corrected chi connectivity index (χ3v) is 3.35. The Labute approximate surface area is 127 Å². The van der Waals surface area contributed by atoms with Gasteiger partial charge in [0.05, 0.1) is 16.9 Å². The Morgan fingerprint density at radius 2 is 2.29 bits per heavy atom. The van der Waals surface area contributed by atoms with Crippen LogP contribution in [0.1, 0.15) is 18.5 Å². The highest BCUT2D eigenvalue weighted by Crippen LogP contribution is 2.23. The maximum atomic E-state index is 13.4. The van der Waals surface area contributed by atoms with Gasteiger partial charge >= 0.3 is 0 Å². The molecule has 0 aliphatic heterocycles. The second-order valence-electron chi connectivity index (χ2n) is 4.64. The Morgan fingerprint density at radius 3 is 2.95 bits per heavy atom.